The Hall–Kier alpha value is -3.07. The van der Waals surface area contributed by atoms with E-state index in [-0.39, 0.29) is 25.2 Å². The molecule has 1 aromatic carbocycles. The van der Waals surface area contributed by atoms with Crippen LogP contribution in [0, 0.1) is 11.6 Å². The Bertz CT molecular complexity index is 1460. The van der Waals surface area contributed by atoms with Crippen LogP contribution in [-0.4, -0.2) is 75.4 Å². The normalized spacial score (nSPS) is 28.6. The predicted octanol–water partition coefficient (Wildman–Crippen LogP) is 5.19. The predicted molar refractivity (Wildman–Crippen MR) is 148 cm³/mol. The zero-order valence-corrected chi connectivity index (χ0v) is 24.6. The van der Waals surface area contributed by atoms with Crippen molar-refractivity contribution in [1.29, 1.82) is 0 Å². The summed E-state index contributed by atoms with van der Waals surface area (Å²) >= 11 is 1.52. The highest BCUT2D eigenvalue weighted by molar-refractivity contribution is 7.99. The van der Waals surface area contributed by atoms with Gasteiger partial charge in [-0.15, -0.1) is 4.68 Å². The van der Waals surface area contributed by atoms with Crippen LogP contribution in [0.3, 0.4) is 0 Å². The molecule has 4 aliphatic rings. The largest absolute Gasteiger partial charge is 0.464 e. The van der Waals surface area contributed by atoms with E-state index in [9.17, 15) is 13.6 Å². The van der Waals surface area contributed by atoms with E-state index in [1.165, 1.54) is 17.8 Å². The van der Waals surface area contributed by atoms with E-state index in [0.29, 0.717) is 28.9 Å². The Labute approximate surface area is 246 Å². The van der Waals surface area contributed by atoms with Gasteiger partial charge in [0.05, 0.1) is 17.9 Å². The highest BCUT2D eigenvalue weighted by atomic mass is 32.2. The molecule has 5 atom stereocenters. The summed E-state index contributed by atoms with van der Waals surface area (Å²) in [5.41, 5.74) is 1.96. The molecule has 11 nitrogen and oxygen atoms in total. The van der Waals surface area contributed by atoms with Crippen molar-refractivity contribution in [2.45, 2.75) is 88.2 Å². The molecule has 2 aliphatic carbocycles. The van der Waals surface area contributed by atoms with Crippen LogP contribution in [-0.2, 0) is 23.7 Å². The number of anilines is 1. The van der Waals surface area contributed by atoms with Gasteiger partial charge in [-0.2, -0.15) is 4.98 Å². The van der Waals surface area contributed by atoms with E-state index in [1.807, 2.05) is 13.8 Å². The topological polar surface area (TPSA) is 120 Å². The highest BCUT2D eigenvalue weighted by Gasteiger charge is 2.56. The molecule has 0 spiro atoms. The Balaban J connectivity index is 1.30. The van der Waals surface area contributed by atoms with Gasteiger partial charge in [0.2, 0.25) is 0 Å². The van der Waals surface area contributed by atoms with Crippen LogP contribution < -0.4 is 5.32 Å². The van der Waals surface area contributed by atoms with E-state index in [2.05, 4.69) is 22.6 Å². The zero-order valence-electron chi connectivity index (χ0n) is 23.8. The van der Waals surface area contributed by atoms with Crippen LogP contribution in [0.4, 0.5) is 26.1 Å². The average molecular weight is 604 g/mol. The van der Waals surface area contributed by atoms with E-state index in [1.54, 1.807) is 17.7 Å². The van der Waals surface area contributed by atoms with Crippen molar-refractivity contribution in [3.63, 3.8) is 0 Å². The van der Waals surface area contributed by atoms with Gasteiger partial charge in [-0.3, -0.25) is 0 Å². The molecule has 1 N–H and O–H groups in total. The second-order valence-electron chi connectivity index (χ2n) is 11.0. The number of aromatic nitrogens is 2. The molecule has 14 heteroatoms. The number of rotatable bonds is 10. The molecule has 2 aliphatic heterocycles. The molecule has 0 bridgehead atoms. The molecule has 1 saturated heterocycles. The van der Waals surface area contributed by atoms with Gasteiger partial charge in [-0.1, -0.05) is 29.7 Å². The van der Waals surface area contributed by atoms with Crippen LogP contribution in [0.15, 0.2) is 33.7 Å². The molecule has 0 amide bonds. The number of ether oxygens (including phenoxy) is 4. The molecule has 3 fully saturated rings. The fourth-order valence-electron chi connectivity index (χ4n) is 5.48. The van der Waals surface area contributed by atoms with Crippen LogP contribution in [0.5, 0.6) is 0 Å². The van der Waals surface area contributed by atoms with Gasteiger partial charge < -0.3 is 24.3 Å². The molecule has 2 saturated carbocycles. The SMILES string of the molecule is CCCSc1nc(NC2CC2c2ccc(F)c(F)c2)c2c(n1)[N+](=C1CC(OCC(=O)OCC)C3OC(C)(C)OC13)N=N2. The van der Waals surface area contributed by atoms with Crippen molar-refractivity contribution < 1.29 is 37.2 Å². The second kappa shape index (κ2) is 11.5. The third kappa shape index (κ3) is 5.77. The van der Waals surface area contributed by atoms with Gasteiger partial charge in [0.25, 0.3) is 10.8 Å². The molecular formula is C28H33F2N6O5S+. The lowest BCUT2D eigenvalue weighted by Gasteiger charge is -2.21. The summed E-state index contributed by atoms with van der Waals surface area (Å²) in [6, 6.07) is 3.98. The van der Waals surface area contributed by atoms with E-state index in [0.717, 1.165) is 35.9 Å². The molecule has 5 unspecified atom stereocenters. The first-order chi connectivity index (χ1) is 20.2. The van der Waals surface area contributed by atoms with E-state index >= 15 is 0 Å². The standard InChI is InChI=1S/C28H33F2N6O5S/c1-5-9-42-27-32-25(31-18-11-15(18)14-7-8-16(29)17(30)10-14)22-26(33-27)36(35-34-22)19-12-20(39-13-21(37)38-6-2)24-23(19)40-28(3,4)41-24/h7-8,10,15,18,20,23-24H,5-6,9,11-13H2,1-4H3,(H,31,32,33)/q+1. The lowest BCUT2D eigenvalue weighted by atomic mass is 10.1. The van der Waals surface area contributed by atoms with Crippen molar-refractivity contribution in [3.8, 4) is 0 Å². The second-order valence-corrected chi connectivity index (χ2v) is 12.1. The number of hydrogen-bond donors (Lipinski definition) is 1. The monoisotopic (exact) mass is 603 g/mol. The Kier molecular flexibility index (Phi) is 7.98. The third-order valence-corrected chi connectivity index (χ3v) is 8.48. The smallest absolute Gasteiger partial charge is 0.338 e. The van der Waals surface area contributed by atoms with Gasteiger partial charge in [-0.05, 0) is 51.3 Å². The number of halogens is 2. The molecular weight excluding hydrogens is 570 g/mol. The van der Waals surface area contributed by atoms with E-state index in [4.69, 9.17) is 28.9 Å². The van der Waals surface area contributed by atoms with Crippen LogP contribution in [0.2, 0.25) is 0 Å². The van der Waals surface area contributed by atoms with Gasteiger partial charge >= 0.3 is 11.8 Å². The Morgan fingerprint density at radius 3 is 2.81 bits per heavy atom. The van der Waals surface area contributed by atoms with Crippen molar-refractivity contribution in [2.24, 2.45) is 10.3 Å². The molecule has 0 radical (unpaired) electrons. The number of esters is 1. The van der Waals surface area contributed by atoms with Gasteiger partial charge in [0.1, 0.15) is 24.5 Å². The summed E-state index contributed by atoms with van der Waals surface area (Å²) in [7, 11) is 0. The first-order valence-corrected chi connectivity index (χ1v) is 15.1. The molecule has 42 heavy (non-hydrogen) atoms. The number of thioether (sulfide) groups is 1. The summed E-state index contributed by atoms with van der Waals surface area (Å²) < 4.78 is 52.4. The maximum Gasteiger partial charge on any atom is 0.338 e. The van der Waals surface area contributed by atoms with Gasteiger partial charge in [0.15, 0.2) is 23.2 Å². The summed E-state index contributed by atoms with van der Waals surface area (Å²) in [6.07, 6.45) is 0.648. The summed E-state index contributed by atoms with van der Waals surface area (Å²) in [4.78, 5) is 21.5. The molecule has 1 aromatic heterocycles. The van der Waals surface area contributed by atoms with Gasteiger partial charge in [0, 0.05) is 29.2 Å². The summed E-state index contributed by atoms with van der Waals surface area (Å²) in [6.45, 7) is 7.54. The first kappa shape index (κ1) is 29.0. The maximum absolute atomic E-state index is 13.8. The van der Waals surface area contributed by atoms with Crippen LogP contribution >= 0.6 is 11.8 Å². The number of carbonyl (C=O) groups excluding carboxylic acids is 1. The van der Waals surface area contributed by atoms with Crippen molar-refractivity contribution in [1.82, 2.24) is 9.97 Å². The molecule has 2 aromatic rings. The van der Waals surface area contributed by atoms with Crippen molar-refractivity contribution >= 4 is 40.8 Å². The fraction of sp³-hybridized carbons (Fsp3) is 0.571. The van der Waals surface area contributed by atoms with E-state index < -0.39 is 41.7 Å². The number of fused-ring (bicyclic) bond motifs is 2. The number of carbonyl (C=O) groups is 1. The Morgan fingerprint density at radius 1 is 1.21 bits per heavy atom. The summed E-state index contributed by atoms with van der Waals surface area (Å²) in [5.74, 6) is -1.18. The minimum absolute atomic E-state index is 0.0143. The number of benzene rings is 1. The summed E-state index contributed by atoms with van der Waals surface area (Å²) in [5, 5.41) is 12.9. The van der Waals surface area contributed by atoms with Crippen LogP contribution in [0.1, 0.15) is 58.4 Å². The third-order valence-electron chi connectivity index (χ3n) is 7.43. The quantitative estimate of drug-likeness (QED) is 0.169. The minimum Gasteiger partial charge on any atom is -0.464 e. The highest BCUT2D eigenvalue weighted by Crippen LogP contribution is 2.48. The van der Waals surface area contributed by atoms with Crippen molar-refractivity contribution in [3.05, 3.63) is 35.4 Å². The van der Waals surface area contributed by atoms with Crippen molar-refractivity contribution in [2.75, 3.05) is 24.3 Å². The Morgan fingerprint density at radius 2 is 2.05 bits per heavy atom. The molecule has 3 heterocycles. The number of nitrogens with one attached hydrogen (secondary N) is 1. The number of hydrogen-bond acceptors (Lipinski definition) is 11. The average Bonchev–Trinajstić information content (AvgIpc) is 3.28. The lowest BCUT2D eigenvalue weighted by Crippen LogP contribution is -2.32. The van der Waals surface area contributed by atoms with Gasteiger partial charge in [-0.25, -0.2) is 13.6 Å². The fourth-order valence-corrected chi connectivity index (χ4v) is 6.18. The van der Waals surface area contributed by atoms with Crippen LogP contribution in [0.25, 0.3) is 0 Å². The molecule has 6 rings (SSSR count). The first-order valence-electron chi connectivity index (χ1n) is 14.1. The number of nitrogens with zero attached hydrogens (tertiary/aromatic N) is 5. The lowest BCUT2D eigenvalue weighted by molar-refractivity contribution is -0.455. The molecule has 224 valence electrons. The minimum atomic E-state index is -0.867. The maximum atomic E-state index is 13.8. The zero-order chi connectivity index (χ0) is 29.6.